The zero-order valence-corrected chi connectivity index (χ0v) is 10.6. The maximum absolute atomic E-state index is 3.60. The molecule has 3 rings (SSSR count). The molecule has 1 N–H and O–H groups in total. The average molecular weight is 237 g/mol. The number of hydrogen-bond acceptors (Lipinski definition) is 1. The van der Waals surface area contributed by atoms with Crippen LogP contribution in [-0.4, -0.2) is 6.54 Å². The van der Waals surface area contributed by atoms with Gasteiger partial charge in [0.1, 0.15) is 0 Å². The van der Waals surface area contributed by atoms with Gasteiger partial charge in [-0.2, -0.15) is 0 Å². The molecule has 0 radical (unpaired) electrons. The summed E-state index contributed by atoms with van der Waals surface area (Å²) in [7, 11) is 0. The molecule has 1 fully saturated rings. The van der Waals surface area contributed by atoms with Gasteiger partial charge in [-0.15, -0.1) is 0 Å². The first kappa shape index (κ1) is 11.5. The van der Waals surface area contributed by atoms with Crippen LogP contribution in [0.3, 0.4) is 0 Å². The number of rotatable bonds is 3. The van der Waals surface area contributed by atoms with Crippen molar-refractivity contribution in [3.63, 3.8) is 0 Å². The lowest BCUT2D eigenvalue weighted by Gasteiger charge is -2.16. The van der Waals surface area contributed by atoms with Crippen LogP contribution in [0.1, 0.15) is 35.6 Å². The third-order valence-electron chi connectivity index (χ3n) is 3.73. The summed E-state index contributed by atoms with van der Waals surface area (Å²) in [6, 6.07) is 20.1. The minimum atomic E-state index is 0.560. The Labute approximate surface area is 109 Å². The molecular weight excluding hydrogens is 218 g/mol. The first-order chi connectivity index (χ1) is 8.93. The molecule has 92 valence electrons. The van der Waals surface area contributed by atoms with Gasteiger partial charge in [0.25, 0.3) is 0 Å². The Kier molecular flexibility index (Phi) is 3.42. The van der Waals surface area contributed by atoms with Crippen LogP contribution in [-0.2, 0) is 6.42 Å². The van der Waals surface area contributed by atoms with Crippen LogP contribution < -0.4 is 5.32 Å². The summed E-state index contributed by atoms with van der Waals surface area (Å²) in [6.07, 6.45) is 3.60. The highest BCUT2D eigenvalue weighted by atomic mass is 14.9. The molecule has 1 aliphatic heterocycles. The van der Waals surface area contributed by atoms with Crippen molar-refractivity contribution in [1.82, 2.24) is 5.32 Å². The highest BCUT2D eigenvalue weighted by Crippen LogP contribution is 2.27. The second kappa shape index (κ2) is 5.36. The molecule has 0 unspecified atom stereocenters. The molecule has 2 aromatic carbocycles. The van der Waals surface area contributed by atoms with Crippen LogP contribution in [0.25, 0.3) is 0 Å². The molecule has 1 heterocycles. The Balaban J connectivity index is 1.87. The van der Waals surface area contributed by atoms with Crippen molar-refractivity contribution in [2.45, 2.75) is 25.3 Å². The highest BCUT2D eigenvalue weighted by Gasteiger charge is 2.18. The first-order valence-electron chi connectivity index (χ1n) is 6.78. The Morgan fingerprint density at radius 1 is 0.944 bits per heavy atom. The fourth-order valence-corrected chi connectivity index (χ4v) is 2.80. The van der Waals surface area contributed by atoms with Crippen LogP contribution in [0.15, 0.2) is 54.6 Å². The fourth-order valence-electron chi connectivity index (χ4n) is 2.80. The van der Waals surface area contributed by atoms with E-state index >= 15 is 0 Å². The van der Waals surface area contributed by atoms with Gasteiger partial charge in [-0.25, -0.2) is 0 Å². The summed E-state index contributed by atoms with van der Waals surface area (Å²) in [5, 5.41) is 3.60. The minimum absolute atomic E-state index is 0.560. The molecule has 1 saturated heterocycles. The second-order valence-corrected chi connectivity index (χ2v) is 5.01. The fraction of sp³-hybridized carbons (Fsp3) is 0.294. The van der Waals surface area contributed by atoms with Crippen LogP contribution in [0.5, 0.6) is 0 Å². The van der Waals surface area contributed by atoms with E-state index in [1.165, 1.54) is 29.5 Å². The van der Waals surface area contributed by atoms with Gasteiger partial charge in [-0.05, 0) is 42.5 Å². The van der Waals surface area contributed by atoms with Crippen molar-refractivity contribution in [3.8, 4) is 0 Å². The van der Waals surface area contributed by atoms with Crippen molar-refractivity contribution in [2.75, 3.05) is 6.54 Å². The summed E-state index contributed by atoms with van der Waals surface area (Å²) < 4.78 is 0. The standard InChI is InChI=1S/C17H19N/c1-2-7-14(8-3-1)13-15-9-4-5-10-16(15)17-11-6-12-18-17/h1-5,7-10,17-18H,6,11-13H2/t17-/m0/s1. The van der Waals surface area contributed by atoms with Crippen molar-refractivity contribution in [1.29, 1.82) is 0 Å². The number of hydrogen-bond donors (Lipinski definition) is 1. The summed E-state index contributed by atoms with van der Waals surface area (Å²) in [6.45, 7) is 1.16. The van der Waals surface area contributed by atoms with Crippen LogP contribution in [0, 0.1) is 0 Å². The number of benzene rings is 2. The van der Waals surface area contributed by atoms with Crippen molar-refractivity contribution >= 4 is 0 Å². The smallest absolute Gasteiger partial charge is 0.0323 e. The maximum Gasteiger partial charge on any atom is 0.0323 e. The minimum Gasteiger partial charge on any atom is -0.310 e. The van der Waals surface area contributed by atoms with Crippen molar-refractivity contribution in [3.05, 3.63) is 71.3 Å². The predicted molar refractivity (Wildman–Crippen MR) is 75.7 cm³/mol. The summed E-state index contributed by atoms with van der Waals surface area (Å²) in [4.78, 5) is 0. The largest absolute Gasteiger partial charge is 0.310 e. The van der Waals surface area contributed by atoms with Gasteiger partial charge < -0.3 is 5.32 Å². The van der Waals surface area contributed by atoms with Gasteiger partial charge in [0.05, 0.1) is 0 Å². The zero-order chi connectivity index (χ0) is 12.2. The molecular formula is C17H19N. The van der Waals surface area contributed by atoms with E-state index in [9.17, 15) is 0 Å². The van der Waals surface area contributed by atoms with Gasteiger partial charge in [0, 0.05) is 6.04 Å². The lowest BCUT2D eigenvalue weighted by molar-refractivity contribution is 0.642. The van der Waals surface area contributed by atoms with Crippen LogP contribution in [0.2, 0.25) is 0 Å². The van der Waals surface area contributed by atoms with Gasteiger partial charge >= 0.3 is 0 Å². The van der Waals surface area contributed by atoms with E-state index in [0.717, 1.165) is 13.0 Å². The number of nitrogens with one attached hydrogen (secondary N) is 1. The van der Waals surface area contributed by atoms with E-state index in [1.54, 1.807) is 0 Å². The molecule has 1 aliphatic rings. The maximum atomic E-state index is 3.60. The van der Waals surface area contributed by atoms with E-state index < -0.39 is 0 Å². The molecule has 1 atom stereocenters. The van der Waals surface area contributed by atoms with Crippen molar-refractivity contribution in [2.24, 2.45) is 0 Å². The van der Waals surface area contributed by atoms with Gasteiger partial charge in [0.15, 0.2) is 0 Å². The third-order valence-corrected chi connectivity index (χ3v) is 3.73. The quantitative estimate of drug-likeness (QED) is 0.858. The average Bonchev–Trinajstić information content (AvgIpc) is 2.94. The Morgan fingerprint density at radius 3 is 2.50 bits per heavy atom. The summed E-state index contributed by atoms with van der Waals surface area (Å²) in [5.41, 5.74) is 4.34. The summed E-state index contributed by atoms with van der Waals surface area (Å²) in [5.74, 6) is 0. The molecule has 0 aliphatic carbocycles. The topological polar surface area (TPSA) is 12.0 Å². The van der Waals surface area contributed by atoms with Gasteiger partial charge in [-0.3, -0.25) is 0 Å². The molecule has 0 saturated carbocycles. The van der Waals surface area contributed by atoms with E-state index in [2.05, 4.69) is 59.9 Å². The van der Waals surface area contributed by atoms with Crippen molar-refractivity contribution < 1.29 is 0 Å². The Bertz CT molecular complexity index is 498. The molecule has 1 nitrogen and oxygen atoms in total. The van der Waals surface area contributed by atoms with Crippen LogP contribution in [0.4, 0.5) is 0 Å². The lowest BCUT2D eigenvalue weighted by Crippen LogP contribution is -2.14. The molecule has 18 heavy (non-hydrogen) atoms. The van der Waals surface area contributed by atoms with E-state index in [0.29, 0.717) is 6.04 Å². The zero-order valence-electron chi connectivity index (χ0n) is 10.6. The van der Waals surface area contributed by atoms with E-state index in [1.807, 2.05) is 0 Å². The first-order valence-corrected chi connectivity index (χ1v) is 6.78. The third kappa shape index (κ3) is 2.46. The molecule has 0 aromatic heterocycles. The Hall–Kier alpha value is -1.60. The molecule has 0 amide bonds. The normalized spacial score (nSPS) is 19.0. The Morgan fingerprint density at radius 2 is 1.72 bits per heavy atom. The molecule has 0 bridgehead atoms. The molecule has 0 spiro atoms. The molecule has 1 heteroatoms. The predicted octanol–water partition coefficient (Wildman–Crippen LogP) is 3.70. The lowest BCUT2D eigenvalue weighted by atomic mass is 9.94. The monoisotopic (exact) mass is 237 g/mol. The SMILES string of the molecule is c1ccc(Cc2ccccc2[C@@H]2CCCN2)cc1. The van der Waals surface area contributed by atoms with E-state index in [-0.39, 0.29) is 0 Å². The summed E-state index contributed by atoms with van der Waals surface area (Å²) >= 11 is 0. The van der Waals surface area contributed by atoms with E-state index in [4.69, 9.17) is 0 Å². The highest BCUT2D eigenvalue weighted by molar-refractivity contribution is 5.35. The molecule has 2 aromatic rings. The van der Waals surface area contributed by atoms with Gasteiger partial charge in [0.2, 0.25) is 0 Å². The van der Waals surface area contributed by atoms with Crippen LogP contribution >= 0.6 is 0 Å². The second-order valence-electron chi connectivity index (χ2n) is 5.01. The van der Waals surface area contributed by atoms with Gasteiger partial charge in [-0.1, -0.05) is 54.6 Å².